The second-order valence-electron chi connectivity index (χ2n) is 5.38. The third kappa shape index (κ3) is 5.11. The van der Waals surface area contributed by atoms with E-state index in [1.807, 2.05) is 0 Å². The Morgan fingerprint density at radius 3 is 2.42 bits per heavy atom. The fourth-order valence-corrected chi connectivity index (χ4v) is 3.12. The molecule has 140 valence electrons. The van der Waals surface area contributed by atoms with Crippen molar-refractivity contribution in [2.24, 2.45) is 0 Å². The van der Waals surface area contributed by atoms with Crippen molar-refractivity contribution in [1.82, 2.24) is 10.0 Å². The van der Waals surface area contributed by atoms with Crippen LogP contribution in [0.4, 0.5) is 0 Å². The molecule has 0 aromatic heterocycles. The zero-order chi connectivity index (χ0) is 19.3. The summed E-state index contributed by atoms with van der Waals surface area (Å²) in [6.07, 6.45) is -0.782. The predicted molar refractivity (Wildman–Crippen MR) is 101 cm³/mol. The highest BCUT2D eigenvalue weighted by Crippen LogP contribution is 2.32. The lowest BCUT2D eigenvalue weighted by atomic mass is 10.2. The molecule has 2 aromatic carbocycles. The van der Waals surface area contributed by atoms with Crippen LogP contribution in [0.1, 0.15) is 12.5 Å². The van der Waals surface area contributed by atoms with Crippen LogP contribution in [0.2, 0.25) is 10.0 Å². The molecule has 0 aliphatic rings. The average molecular weight is 417 g/mol. The topological polar surface area (TPSA) is 84.5 Å². The van der Waals surface area contributed by atoms with Crippen molar-refractivity contribution >= 4 is 39.1 Å². The Balaban J connectivity index is 1.94. The average Bonchev–Trinajstić information content (AvgIpc) is 2.63. The van der Waals surface area contributed by atoms with Crippen molar-refractivity contribution in [3.63, 3.8) is 0 Å². The first-order valence-corrected chi connectivity index (χ1v) is 9.89. The van der Waals surface area contributed by atoms with Gasteiger partial charge in [0, 0.05) is 6.54 Å². The SMILES string of the molecule is CNS(=O)(=O)c1ccc(CNC(=O)C(C)Oc2cccc(Cl)c2Cl)cc1. The number of benzene rings is 2. The first-order valence-electron chi connectivity index (χ1n) is 7.65. The second kappa shape index (κ2) is 8.73. The molecule has 26 heavy (non-hydrogen) atoms. The fraction of sp³-hybridized carbons (Fsp3) is 0.235. The van der Waals surface area contributed by atoms with Gasteiger partial charge in [-0.25, -0.2) is 13.1 Å². The van der Waals surface area contributed by atoms with Gasteiger partial charge in [0.05, 0.1) is 9.92 Å². The Bertz CT molecular complexity index is 886. The smallest absolute Gasteiger partial charge is 0.261 e. The molecule has 1 unspecified atom stereocenters. The lowest BCUT2D eigenvalue weighted by Crippen LogP contribution is -2.36. The van der Waals surface area contributed by atoms with Crippen molar-refractivity contribution in [2.75, 3.05) is 7.05 Å². The zero-order valence-corrected chi connectivity index (χ0v) is 16.5. The third-order valence-corrected chi connectivity index (χ3v) is 5.79. The van der Waals surface area contributed by atoms with Crippen molar-refractivity contribution < 1.29 is 17.9 Å². The summed E-state index contributed by atoms with van der Waals surface area (Å²) in [6, 6.07) is 11.1. The van der Waals surface area contributed by atoms with Gasteiger partial charge in [-0.15, -0.1) is 0 Å². The predicted octanol–water partition coefficient (Wildman–Crippen LogP) is 2.99. The second-order valence-corrected chi connectivity index (χ2v) is 8.05. The fourth-order valence-electron chi connectivity index (χ4n) is 2.06. The molecule has 0 fully saturated rings. The molecule has 0 radical (unpaired) electrons. The van der Waals surface area contributed by atoms with Crippen LogP contribution in [-0.2, 0) is 21.4 Å². The van der Waals surface area contributed by atoms with Gasteiger partial charge in [0.1, 0.15) is 10.8 Å². The number of hydrogen-bond acceptors (Lipinski definition) is 4. The molecule has 9 heteroatoms. The summed E-state index contributed by atoms with van der Waals surface area (Å²) < 4.78 is 31.1. The Kier molecular flexibility index (Phi) is 6.88. The van der Waals surface area contributed by atoms with Crippen LogP contribution in [-0.4, -0.2) is 27.5 Å². The number of rotatable bonds is 7. The van der Waals surface area contributed by atoms with Crippen molar-refractivity contribution in [2.45, 2.75) is 24.5 Å². The van der Waals surface area contributed by atoms with Gasteiger partial charge in [0.25, 0.3) is 5.91 Å². The lowest BCUT2D eigenvalue weighted by molar-refractivity contribution is -0.127. The number of halogens is 2. The zero-order valence-electron chi connectivity index (χ0n) is 14.1. The van der Waals surface area contributed by atoms with Crippen LogP contribution in [0.3, 0.4) is 0 Å². The molecule has 0 saturated heterocycles. The van der Waals surface area contributed by atoms with Gasteiger partial charge >= 0.3 is 0 Å². The third-order valence-electron chi connectivity index (χ3n) is 3.56. The minimum absolute atomic E-state index is 0.155. The van der Waals surface area contributed by atoms with E-state index in [0.29, 0.717) is 10.8 Å². The highest BCUT2D eigenvalue weighted by atomic mass is 35.5. The van der Waals surface area contributed by atoms with E-state index in [2.05, 4.69) is 10.0 Å². The summed E-state index contributed by atoms with van der Waals surface area (Å²) in [5.41, 5.74) is 0.751. The lowest BCUT2D eigenvalue weighted by Gasteiger charge is -2.16. The molecule has 0 saturated carbocycles. The maximum absolute atomic E-state index is 12.2. The van der Waals surface area contributed by atoms with Crippen molar-refractivity contribution in [3.8, 4) is 5.75 Å². The van der Waals surface area contributed by atoms with Gasteiger partial charge in [-0.3, -0.25) is 4.79 Å². The number of nitrogens with one attached hydrogen (secondary N) is 2. The molecule has 0 aliphatic heterocycles. The van der Waals surface area contributed by atoms with E-state index in [9.17, 15) is 13.2 Å². The van der Waals surface area contributed by atoms with E-state index in [1.54, 1.807) is 37.3 Å². The molecule has 0 spiro atoms. The molecule has 1 atom stereocenters. The maximum Gasteiger partial charge on any atom is 0.261 e. The number of ether oxygens (including phenoxy) is 1. The molecule has 1 amide bonds. The van der Waals surface area contributed by atoms with Crippen LogP contribution in [0.5, 0.6) is 5.75 Å². The summed E-state index contributed by atoms with van der Waals surface area (Å²) in [6.45, 7) is 1.82. The summed E-state index contributed by atoms with van der Waals surface area (Å²) in [4.78, 5) is 12.3. The van der Waals surface area contributed by atoms with Gasteiger partial charge < -0.3 is 10.1 Å². The summed E-state index contributed by atoms with van der Waals surface area (Å²) in [5, 5.41) is 3.31. The minimum Gasteiger partial charge on any atom is -0.479 e. The van der Waals surface area contributed by atoms with Crippen LogP contribution >= 0.6 is 23.2 Å². The quantitative estimate of drug-likeness (QED) is 0.726. The number of hydrogen-bond donors (Lipinski definition) is 2. The highest BCUT2D eigenvalue weighted by Gasteiger charge is 2.17. The summed E-state index contributed by atoms with van der Waals surface area (Å²) in [5.74, 6) is -0.0172. The molecular formula is C17H18Cl2N2O4S. The molecule has 2 aromatic rings. The molecule has 0 bridgehead atoms. The Hall–Kier alpha value is -1.80. The van der Waals surface area contributed by atoms with E-state index in [-0.39, 0.29) is 22.4 Å². The Labute approximate surface area is 162 Å². The van der Waals surface area contributed by atoms with Crippen LogP contribution in [0.15, 0.2) is 47.4 Å². The Morgan fingerprint density at radius 1 is 1.15 bits per heavy atom. The van der Waals surface area contributed by atoms with Crippen molar-refractivity contribution in [3.05, 3.63) is 58.1 Å². The normalized spacial score (nSPS) is 12.5. The number of carbonyl (C=O) groups excluding carboxylic acids is 1. The minimum atomic E-state index is -3.48. The number of amides is 1. The van der Waals surface area contributed by atoms with E-state index < -0.39 is 16.1 Å². The van der Waals surface area contributed by atoms with Crippen molar-refractivity contribution in [1.29, 1.82) is 0 Å². The summed E-state index contributed by atoms with van der Waals surface area (Å²) >= 11 is 11.9. The molecule has 2 rings (SSSR count). The first-order chi connectivity index (χ1) is 12.2. The number of carbonyl (C=O) groups is 1. The van der Waals surface area contributed by atoms with E-state index >= 15 is 0 Å². The molecule has 2 N–H and O–H groups in total. The molecule has 0 heterocycles. The molecule has 0 aliphatic carbocycles. The standard InChI is InChI=1S/C17H18Cl2N2O4S/c1-11(25-15-5-3-4-14(18)16(15)19)17(22)21-10-12-6-8-13(9-7-12)26(23,24)20-2/h3-9,11,20H,10H2,1-2H3,(H,21,22). The van der Waals surface area contributed by atoms with Crippen LogP contribution in [0, 0.1) is 0 Å². The van der Waals surface area contributed by atoms with Gasteiger partial charge in [-0.1, -0.05) is 41.4 Å². The monoisotopic (exact) mass is 416 g/mol. The van der Waals surface area contributed by atoms with E-state index in [0.717, 1.165) is 5.56 Å². The maximum atomic E-state index is 12.2. The van der Waals surface area contributed by atoms with Gasteiger partial charge in [0.15, 0.2) is 6.10 Å². The summed E-state index contributed by atoms with van der Waals surface area (Å²) in [7, 11) is -2.14. The highest BCUT2D eigenvalue weighted by molar-refractivity contribution is 7.89. The van der Waals surface area contributed by atoms with Crippen LogP contribution < -0.4 is 14.8 Å². The van der Waals surface area contributed by atoms with E-state index in [4.69, 9.17) is 27.9 Å². The largest absolute Gasteiger partial charge is 0.479 e. The van der Waals surface area contributed by atoms with E-state index in [1.165, 1.54) is 19.2 Å². The number of sulfonamides is 1. The first kappa shape index (κ1) is 20.5. The van der Waals surface area contributed by atoms with Gasteiger partial charge in [-0.2, -0.15) is 0 Å². The molecular weight excluding hydrogens is 399 g/mol. The molecule has 6 nitrogen and oxygen atoms in total. The Morgan fingerprint density at radius 2 is 1.81 bits per heavy atom. The van der Waals surface area contributed by atoms with Crippen LogP contribution in [0.25, 0.3) is 0 Å². The van der Waals surface area contributed by atoms with Gasteiger partial charge in [0.2, 0.25) is 10.0 Å². The van der Waals surface area contributed by atoms with Gasteiger partial charge in [-0.05, 0) is 43.8 Å².